The van der Waals surface area contributed by atoms with E-state index in [1.54, 1.807) is 12.4 Å². The molecule has 0 radical (unpaired) electrons. The van der Waals surface area contributed by atoms with Crippen LogP contribution < -0.4 is 11.1 Å². The molecule has 3 heterocycles. The Bertz CT molecular complexity index is 1240. The van der Waals surface area contributed by atoms with Crippen LogP contribution in [0.25, 0.3) is 10.8 Å². The van der Waals surface area contributed by atoms with Gasteiger partial charge in [-0.2, -0.15) is 0 Å². The van der Waals surface area contributed by atoms with Crippen LogP contribution in [0.2, 0.25) is 0 Å². The van der Waals surface area contributed by atoms with Gasteiger partial charge in [0.2, 0.25) is 0 Å². The van der Waals surface area contributed by atoms with E-state index in [9.17, 15) is 0 Å². The fourth-order valence-corrected chi connectivity index (χ4v) is 3.76. The number of nitrogens with one attached hydrogen (secondary N) is 1. The molecular formula is C24H21N5S. The van der Waals surface area contributed by atoms with Crippen LogP contribution in [0.3, 0.4) is 0 Å². The molecule has 4 aromatic rings. The maximum absolute atomic E-state index is 5.89. The quantitative estimate of drug-likeness (QED) is 0.353. The van der Waals surface area contributed by atoms with Crippen molar-refractivity contribution in [3.63, 3.8) is 0 Å². The third kappa shape index (κ3) is 4.70. The number of benzene rings is 1. The zero-order valence-corrected chi connectivity index (χ0v) is 17.6. The lowest BCUT2D eigenvalue weighted by Gasteiger charge is -2.09. The van der Waals surface area contributed by atoms with Crippen molar-refractivity contribution in [1.82, 2.24) is 15.0 Å². The monoisotopic (exact) mass is 411 g/mol. The van der Waals surface area contributed by atoms with E-state index in [1.165, 1.54) is 4.90 Å². The maximum atomic E-state index is 5.89. The minimum Gasteiger partial charge on any atom is -0.383 e. The Morgan fingerprint density at radius 3 is 2.57 bits per heavy atom. The smallest absolute Gasteiger partial charge is 0.139 e. The van der Waals surface area contributed by atoms with Gasteiger partial charge in [0.05, 0.1) is 5.56 Å². The third-order valence-electron chi connectivity index (χ3n) is 4.30. The largest absolute Gasteiger partial charge is 0.383 e. The highest BCUT2D eigenvalue weighted by Crippen LogP contribution is 2.26. The second kappa shape index (κ2) is 8.85. The Morgan fingerprint density at radius 1 is 0.967 bits per heavy atom. The molecule has 0 aliphatic heterocycles. The van der Waals surface area contributed by atoms with E-state index in [-0.39, 0.29) is 0 Å². The second-order valence-electron chi connectivity index (χ2n) is 6.95. The molecule has 30 heavy (non-hydrogen) atoms. The minimum absolute atomic E-state index is 0.410. The Labute approximate surface area is 180 Å². The Balaban J connectivity index is 1.62. The Kier molecular flexibility index (Phi) is 5.82. The van der Waals surface area contributed by atoms with Gasteiger partial charge >= 0.3 is 0 Å². The molecule has 0 aliphatic carbocycles. The topological polar surface area (TPSA) is 76.7 Å². The van der Waals surface area contributed by atoms with Gasteiger partial charge in [-0.25, -0.2) is 15.0 Å². The van der Waals surface area contributed by atoms with E-state index >= 15 is 0 Å². The van der Waals surface area contributed by atoms with E-state index in [4.69, 9.17) is 5.73 Å². The summed E-state index contributed by atoms with van der Waals surface area (Å²) in [6, 6.07) is 15.9. The number of aromatic nitrogens is 3. The van der Waals surface area contributed by atoms with E-state index in [0.717, 1.165) is 22.3 Å². The fourth-order valence-electron chi connectivity index (χ4n) is 2.92. The average Bonchev–Trinajstić information content (AvgIpc) is 2.74. The summed E-state index contributed by atoms with van der Waals surface area (Å²) in [5, 5.41) is 5.82. The van der Waals surface area contributed by atoms with Crippen LogP contribution in [-0.2, 0) is 0 Å². The molecule has 0 bridgehead atoms. The first-order valence-electron chi connectivity index (χ1n) is 9.59. The molecule has 3 N–H and O–H groups in total. The predicted molar refractivity (Wildman–Crippen MR) is 125 cm³/mol. The molecular weight excluding hydrogens is 390 g/mol. The molecule has 1 aromatic carbocycles. The number of fused-ring (bicyclic) bond motifs is 1. The molecule has 0 spiro atoms. The van der Waals surface area contributed by atoms with Crippen molar-refractivity contribution >= 4 is 39.9 Å². The van der Waals surface area contributed by atoms with Crippen molar-refractivity contribution in [2.24, 2.45) is 0 Å². The van der Waals surface area contributed by atoms with Crippen molar-refractivity contribution < 1.29 is 0 Å². The van der Waals surface area contributed by atoms with Crippen molar-refractivity contribution in [2.45, 2.75) is 24.0 Å². The predicted octanol–water partition coefficient (Wildman–Crippen LogP) is 5.25. The number of anilines is 3. The second-order valence-corrected chi connectivity index (χ2v) is 8.60. The van der Waals surface area contributed by atoms with Gasteiger partial charge in [-0.15, -0.1) is 11.8 Å². The van der Waals surface area contributed by atoms with E-state index < -0.39 is 0 Å². The summed E-state index contributed by atoms with van der Waals surface area (Å²) >= 11 is 1.84. The standard InChI is InChI=1S/C24H21N5S/c1-16(2)30-20-8-6-19(7-9-20)29-23-14-21-18(15-28-23)11-13-26-22(21)10-5-17-4-3-12-27-24(17)25/h3-4,6-9,11-16H,1-2H3,(H2,25,27)(H,28,29). The Morgan fingerprint density at radius 2 is 1.80 bits per heavy atom. The normalized spacial score (nSPS) is 10.6. The summed E-state index contributed by atoms with van der Waals surface area (Å²) in [4.78, 5) is 14.3. The molecule has 148 valence electrons. The van der Waals surface area contributed by atoms with Gasteiger partial charge in [-0.1, -0.05) is 19.8 Å². The summed E-state index contributed by atoms with van der Waals surface area (Å²) in [6.45, 7) is 4.37. The van der Waals surface area contributed by atoms with E-state index in [1.807, 2.05) is 42.2 Å². The lowest BCUT2D eigenvalue weighted by atomic mass is 10.1. The van der Waals surface area contributed by atoms with E-state index in [0.29, 0.717) is 22.3 Å². The number of nitrogens with two attached hydrogens (primary N) is 1. The van der Waals surface area contributed by atoms with Crippen LogP contribution in [0.5, 0.6) is 0 Å². The molecule has 0 saturated heterocycles. The van der Waals surface area contributed by atoms with Crippen LogP contribution in [0.15, 0.2) is 72.0 Å². The molecule has 0 unspecified atom stereocenters. The number of nitrogens with zero attached hydrogens (tertiary/aromatic N) is 3. The minimum atomic E-state index is 0.410. The molecule has 4 rings (SSSR count). The highest BCUT2D eigenvalue weighted by Gasteiger charge is 2.05. The third-order valence-corrected chi connectivity index (χ3v) is 5.32. The van der Waals surface area contributed by atoms with Crippen LogP contribution in [0.1, 0.15) is 25.1 Å². The summed E-state index contributed by atoms with van der Waals surface area (Å²) in [6.07, 6.45) is 5.21. The number of hydrogen-bond donors (Lipinski definition) is 2. The van der Waals surface area contributed by atoms with Gasteiger partial charge in [0.25, 0.3) is 0 Å². The molecule has 5 nitrogen and oxygen atoms in total. The number of hydrogen-bond acceptors (Lipinski definition) is 6. The van der Waals surface area contributed by atoms with Crippen LogP contribution in [0, 0.1) is 11.8 Å². The van der Waals surface area contributed by atoms with Gasteiger partial charge < -0.3 is 11.1 Å². The fraction of sp³-hybridized carbons (Fsp3) is 0.125. The number of thioether (sulfide) groups is 1. The molecule has 0 fully saturated rings. The summed E-state index contributed by atoms with van der Waals surface area (Å²) in [7, 11) is 0. The summed E-state index contributed by atoms with van der Waals surface area (Å²) in [5.74, 6) is 7.34. The highest BCUT2D eigenvalue weighted by molar-refractivity contribution is 7.99. The molecule has 6 heteroatoms. The van der Waals surface area contributed by atoms with E-state index in [2.05, 4.69) is 70.2 Å². The number of rotatable bonds is 4. The molecule has 0 atom stereocenters. The molecule has 0 saturated carbocycles. The average molecular weight is 412 g/mol. The first-order chi connectivity index (χ1) is 14.6. The van der Waals surface area contributed by atoms with Crippen molar-refractivity contribution in [1.29, 1.82) is 0 Å². The zero-order valence-electron chi connectivity index (χ0n) is 16.8. The summed E-state index contributed by atoms with van der Waals surface area (Å²) < 4.78 is 0. The van der Waals surface area contributed by atoms with Crippen molar-refractivity contribution in [3.05, 3.63) is 78.4 Å². The zero-order chi connectivity index (χ0) is 20.9. The number of pyridine rings is 3. The molecule has 3 aromatic heterocycles. The maximum Gasteiger partial charge on any atom is 0.139 e. The van der Waals surface area contributed by atoms with Crippen molar-refractivity contribution in [3.8, 4) is 11.8 Å². The molecule has 0 aliphatic rings. The van der Waals surface area contributed by atoms with Gasteiger partial charge in [-0.05, 0) is 54.5 Å². The molecule has 0 amide bonds. The van der Waals surface area contributed by atoms with Crippen LogP contribution in [-0.4, -0.2) is 20.2 Å². The first-order valence-corrected chi connectivity index (χ1v) is 10.5. The SMILES string of the molecule is CC(C)Sc1ccc(Nc2cc3c(C#Cc4cccnc4N)nccc3cn2)cc1. The van der Waals surface area contributed by atoms with Gasteiger partial charge in [0, 0.05) is 45.2 Å². The Hall–Kier alpha value is -3.56. The number of nitrogen functional groups attached to an aromatic ring is 1. The lowest BCUT2D eigenvalue weighted by Crippen LogP contribution is -1.95. The highest BCUT2D eigenvalue weighted by atomic mass is 32.2. The van der Waals surface area contributed by atoms with Gasteiger partial charge in [0.15, 0.2) is 0 Å². The van der Waals surface area contributed by atoms with Crippen LogP contribution >= 0.6 is 11.8 Å². The van der Waals surface area contributed by atoms with Crippen LogP contribution in [0.4, 0.5) is 17.3 Å². The van der Waals surface area contributed by atoms with Gasteiger partial charge in [0.1, 0.15) is 17.3 Å². The summed E-state index contributed by atoms with van der Waals surface area (Å²) in [5.41, 5.74) is 8.22. The first kappa shape index (κ1) is 19.7. The lowest BCUT2D eigenvalue weighted by molar-refractivity contribution is 1.11. The van der Waals surface area contributed by atoms with Gasteiger partial charge in [-0.3, -0.25) is 0 Å². The van der Waals surface area contributed by atoms with Crippen molar-refractivity contribution in [2.75, 3.05) is 11.1 Å².